The van der Waals surface area contributed by atoms with Crippen LogP contribution in [-0.2, 0) is 4.74 Å². The van der Waals surface area contributed by atoms with E-state index in [0.717, 1.165) is 5.56 Å². The fourth-order valence-corrected chi connectivity index (χ4v) is 2.09. The van der Waals surface area contributed by atoms with Gasteiger partial charge in [-0.1, -0.05) is 12.1 Å². The molecule has 0 bridgehead atoms. The molecule has 0 saturated carbocycles. The molecular formula is C14H19F2NO3. The molecule has 6 heteroatoms. The van der Waals surface area contributed by atoms with Crippen molar-refractivity contribution in [3.63, 3.8) is 0 Å². The number of ether oxygens (including phenoxy) is 2. The van der Waals surface area contributed by atoms with Gasteiger partial charge in [-0.25, -0.2) is 0 Å². The van der Waals surface area contributed by atoms with E-state index in [1.54, 1.807) is 12.1 Å². The van der Waals surface area contributed by atoms with Gasteiger partial charge in [0, 0.05) is 12.6 Å². The smallest absolute Gasteiger partial charge is 0.387 e. The molecule has 1 aliphatic rings. The predicted molar refractivity (Wildman–Crippen MR) is 69.8 cm³/mol. The van der Waals surface area contributed by atoms with Gasteiger partial charge in [0.25, 0.3) is 0 Å². The number of rotatable bonds is 7. The van der Waals surface area contributed by atoms with Crippen LogP contribution >= 0.6 is 0 Å². The molecule has 1 aliphatic heterocycles. The van der Waals surface area contributed by atoms with Crippen LogP contribution in [0.3, 0.4) is 0 Å². The van der Waals surface area contributed by atoms with E-state index >= 15 is 0 Å². The molecule has 1 saturated heterocycles. The summed E-state index contributed by atoms with van der Waals surface area (Å²) in [5.41, 5.74) is 0.641. The number of alkyl halides is 2. The third-order valence-electron chi connectivity index (χ3n) is 3.52. The molecule has 1 heterocycles. The lowest BCUT2D eigenvalue weighted by atomic mass is 9.86. The Morgan fingerprint density at radius 2 is 2.20 bits per heavy atom. The molecule has 1 unspecified atom stereocenters. The Balaban J connectivity index is 1.93. The maximum atomic E-state index is 12.2. The molecule has 20 heavy (non-hydrogen) atoms. The van der Waals surface area contributed by atoms with E-state index in [9.17, 15) is 13.9 Å². The van der Waals surface area contributed by atoms with Crippen LogP contribution in [0.2, 0.25) is 0 Å². The third-order valence-corrected chi connectivity index (χ3v) is 3.52. The fraction of sp³-hybridized carbons (Fsp3) is 0.571. The van der Waals surface area contributed by atoms with Crippen LogP contribution < -0.4 is 10.1 Å². The maximum Gasteiger partial charge on any atom is 0.387 e. The summed E-state index contributed by atoms with van der Waals surface area (Å²) in [6, 6.07) is 6.59. The van der Waals surface area contributed by atoms with Crippen molar-refractivity contribution in [3.8, 4) is 5.75 Å². The van der Waals surface area contributed by atoms with E-state index in [0.29, 0.717) is 19.8 Å². The highest BCUT2D eigenvalue weighted by atomic mass is 19.3. The summed E-state index contributed by atoms with van der Waals surface area (Å²) >= 11 is 0. The van der Waals surface area contributed by atoms with Gasteiger partial charge in [0.2, 0.25) is 0 Å². The molecule has 1 aromatic rings. The number of aliphatic hydroxyl groups excluding tert-OH is 1. The van der Waals surface area contributed by atoms with Gasteiger partial charge >= 0.3 is 6.61 Å². The highest BCUT2D eigenvalue weighted by molar-refractivity contribution is 5.30. The van der Waals surface area contributed by atoms with E-state index in [4.69, 9.17) is 4.74 Å². The normalized spacial score (nSPS) is 18.6. The average Bonchev–Trinajstić information content (AvgIpc) is 2.37. The number of nitrogens with one attached hydrogen (secondary N) is 1. The second kappa shape index (κ2) is 6.47. The fourth-order valence-electron chi connectivity index (χ4n) is 2.09. The standard InChI is InChI=1S/C14H19F2NO3/c1-10(17-6-14(7-18)8-19-9-14)11-3-2-4-12(5-11)20-13(15)16/h2-5,10,13,17-18H,6-9H2,1H3. The van der Waals surface area contributed by atoms with Crippen molar-refractivity contribution in [2.45, 2.75) is 19.6 Å². The molecular weight excluding hydrogens is 268 g/mol. The summed E-state index contributed by atoms with van der Waals surface area (Å²) in [5, 5.41) is 12.6. The lowest BCUT2D eigenvalue weighted by Crippen LogP contribution is -2.52. The number of aliphatic hydroxyl groups is 1. The van der Waals surface area contributed by atoms with Crippen LogP contribution in [0, 0.1) is 5.41 Å². The van der Waals surface area contributed by atoms with Crippen LogP contribution in [-0.4, -0.2) is 38.1 Å². The van der Waals surface area contributed by atoms with Crippen molar-refractivity contribution in [2.24, 2.45) is 5.41 Å². The van der Waals surface area contributed by atoms with Crippen LogP contribution in [0.4, 0.5) is 8.78 Å². The zero-order valence-corrected chi connectivity index (χ0v) is 11.3. The number of hydrogen-bond donors (Lipinski definition) is 2. The third kappa shape index (κ3) is 3.65. The molecule has 2 rings (SSSR count). The Bertz CT molecular complexity index is 433. The minimum Gasteiger partial charge on any atom is -0.435 e. The van der Waals surface area contributed by atoms with Gasteiger partial charge in [-0.05, 0) is 24.6 Å². The SMILES string of the molecule is CC(NCC1(CO)COC1)c1cccc(OC(F)F)c1. The Kier molecular flexibility index (Phi) is 4.91. The van der Waals surface area contributed by atoms with E-state index < -0.39 is 6.61 Å². The second-order valence-corrected chi connectivity index (χ2v) is 5.20. The first kappa shape index (κ1) is 15.2. The minimum absolute atomic E-state index is 0.0275. The number of halogens is 2. The van der Waals surface area contributed by atoms with E-state index in [2.05, 4.69) is 10.1 Å². The molecule has 0 spiro atoms. The molecule has 1 aromatic carbocycles. The Morgan fingerprint density at radius 1 is 1.45 bits per heavy atom. The molecule has 0 aromatic heterocycles. The molecule has 0 amide bonds. The largest absolute Gasteiger partial charge is 0.435 e. The van der Waals surface area contributed by atoms with Gasteiger partial charge in [-0.2, -0.15) is 8.78 Å². The van der Waals surface area contributed by atoms with Gasteiger partial charge in [-0.3, -0.25) is 0 Å². The quantitative estimate of drug-likeness (QED) is 0.805. The molecule has 1 atom stereocenters. The summed E-state index contributed by atoms with van der Waals surface area (Å²) in [7, 11) is 0. The molecule has 112 valence electrons. The van der Waals surface area contributed by atoms with Gasteiger partial charge < -0.3 is 19.9 Å². The van der Waals surface area contributed by atoms with Gasteiger partial charge in [0.15, 0.2) is 0 Å². The summed E-state index contributed by atoms with van der Waals surface area (Å²) < 4.78 is 33.9. The van der Waals surface area contributed by atoms with Crippen molar-refractivity contribution in [1.29, 1.82) is 0 Å². The lowest BCUT2D eigenvalue weighted by Gasteiger charge is -2.40. The first-order chi connectivity index (χ1) is 9.54. The molecule has 0 radical (unpaired) electrons. The van der Waals surface area contributed by atoms with Crippen molar-refractivity contribution in [1.82, 2.24) is 5.32 Å². The maximum absolute atomic E-state index is 12.2. The first-order valence-electron chi connectivity index (χ1n) is 6.51. The van der Waals surface area contributed by atoms with E-state index in [1.807, 2.05) is 13.0 Å². The number of hydrogen-bond acceptors (Lipinski definition) is 4. The zero-order chi connectivity index (χ0) is 14.6. The molecule has 2 N–H and O–H groups in total. The summed E-state index contributed by atoms with van der Waals surface area (Å²) in [4.78, 5) is 0. The Morgan fingerprint density at radius 3 is 2.75 bits per heavy atom. The number of benzene rings is 1. The van der Waals surface area contributed by atoms with E-state index in [1.165, 1.54) is 6.07 Å². The van der Waals surface area contributed by atoms with Crippen LogP contribution in [0.1, 0.15) is 18.5 Å². The highest BCUT2D eigenvalue weighted by Crippen LogP contribution is 2.27. The molecule has 1 fully saturated rings. The Labute approximate surface area is 116 Å². The molecule has 0 aliphatic carbocycles. The monoisotopic (exact) mass is 287 g/mol. The first-order valence-corrected chi connectivity index (χ1v) is 6.51. The predicted octanol–water partition coefficient (Wildman–Crippen LogP) is 1.95. The summed E-state index contributed by atoms with van der Waals surface area (Å²) in [5.74, 6) is 0.148. The summed E-state index contributed by atoms with van der Waals surface area (Å²) in [6.07, 6.45) is 0. The van der Waals surface area contributed by atoms with Crippen molar-refractivity contribution in [2.75, 3.05) is 26.4 Å². The highest BCUT2D eigenvalue weighted by Gasteiger charge is 2.37. The summed E-state index contributed by atoms with van der Waals surface area (Å²) in [6.45, 7) is 0.881. The van der Waals surface area contributed by atoms with Crippen LogP contribution in [0.15, 0.2) is 24.3 Å². The van der Waals surface area contributed by atoms with Crippen molar-refractivity contribution < 1.29 is 23.4 Å². The van der Waals surface area contributed by atoms with E-state index in [-0.39, 0.29) is 23.8 Å². The van der Waals surface area contributed by atoms with Gasteiger partial charge in [0.05, 0.1) is 25.2 Å². The average molecular weight is 287 g/mol. The second-order valence-electron chi connectivity index (χ2n) is 5.20. The van der Waals surface area contributed by atoms with Crippen molar-refractivity contribution in [3.05, 3.63) is 29.8 Å². The molecule has 4 nitrogen and oxygen atoms in total. The Hall–Kier alpha value is -1.24. The van der Waals surface area contributed by atoms with Crippen LogP contribution in [0.25, 0.3) is 0 Å². The van der Waals surface area contributed by atoms with Gasteiger partial charge in [0.1, 0.15) is 5.75 Å². The topological polar surface area (TPSA) is 50.7 Å². The zero-order valence-electron chi connectivity index (χ0n) is 11.3. The van der Waals surface area contributed by atoms with Crippen LogP contribution in [0.5, 0.6) is 5.75 Å². The lowest BCUT2D eigenvalue weighted by molar-refractivity contribution is -0.135. The van der Waals surface area contributed by atoms with Gasteiger partial charge in [-0.15, -0.1) is 0 Å². The minimum atomic E-state index is -2.82. The van der Waals surface area contributed by atoms with Crippen molar-refractivity contribution >= 4 is 0 Å².